The highest BCUT2D eigenvalue weighted by atomic mass is 16.4. The lowest BCUT2D eigenvalue weighted by atomic mass is 9.85. The Balaban J connectivity index is 1.53. The van der Waals surface area contributed by atoms with E-state index in [0.717, 1.165) is 32.2 Å². The summed E-state index contributed by atoms with van der Waals surface area (Å²) in [6.07, 6.45) is 7.84. The van der Waals surface area contributed by atoms with Gasteiger partial charge in [-0.05, 0) is 50.4 Å². The number of piperidine rings is 1. The second-order valence-electron chi connectivity index (χ2n) is 6.71. The van der Waals surface area contributed by atoms with Crippen molar-refractivity contribution in [3.8, 4) is 0 Å². The zero-order valence-electron chi connectivity index (χ0n) is 11.9. The molecule has 0 aromatic carbocycles. The van der Waals surface area contributed by atoms with Crippen LogP contribution in [0.2, 0.25) is 0 Å². The molecule has 3 aliphatic rings. The van der Waals surface area contributed by atoms with Crippen molar-refractivity contribution in [3.63, 3.8) is 0 Å². The fraction of sp³-hybridized carbons (Fsp3) is 0.867. The maximum absolute atomic E-state index is 12.3. The Bertz CT molecular complexity index is 381. The van der Waals surface area contributed by atoms with Crippen molar-refractivity contribution in [2.24, 2.45) is 11.8 Å². The summed E-state index contributed by atoms with van der Waals surface area (Å²) in [5.74, 6) is 0.221. The molecule has 2 heterocycles. The molecule has 2 bridgehead atoms. The van der Waals surface area contributed by atoms with Gasteiger partial charge in [0, 0.05) is 25.0 Å². The van der Waals surface area contributed by atoms with Crippen molar-refractivity contribution in [3.05, 3.63) is 0 Å². The molecule has 2 aliphatic heterocycles. The molecule has 1 aliphatic carbocycles. The first-order valence-corrected chi connectivity index (χ1v) is 7.91. The normalized spacial score (nSPS) is 32.8. The third kappa shape index (κ3) is 2.76. The maximum atomic E-state index is 12.3. The molecule has 3 rings (SSSR count). The number of carboxylic acids is 1. The summed E-state index contributed by atoms with van der Waals surface area (Å²) in [6, 6.07) is 0.608. The topological polar surface area (TPSA) is 69.6 Å². The number of rotatable bonds is 4. The van der Waals surface area contributed by atoms with Crippen LogP contribution in [0.5, 0.6) is 0 Å². The number of carbonyl (C=O) groups is 2. The number of fused-ring (bicyclic) bond motifs is 2. The molecule has 1 saturated carbocycles. The molecule has 2 amide bonds. The Labute approximate surface area is 119 Å². The van der Waals surface area contributed by atoms with Gasteiger partial charge in [0.25, 0.3) is 0 Å². The molecule has 20 heavy (non-hydrogen) atoms. The van der Waals surface area contributed by atoms with E-state index in [9.17, 15) is 9.59 Å². The zero-order valence-corrected chi connectivity index (χ0v) is 11.9. The first kappa shape index (κ1) is 13.7. The smallest absolute Gasteiger partial charge is 0.317 e. The van der Waals surface area contributed by atoms with Gasteiger partial charge >= 0.3 is 12.0 Å². The average Bonchev–Trinajstić information content (AvgIpc) is 2.58. The van der Waals surface area contributed by atoms with Crippen molar-refractivity contribution in [2.45, 2.75) is 63.5 Å². The third-order valence-electron chi connectivity index (χ3n) is 5.30. The number of amides is 2. The highest BCUT2D eigenvalue weighted by Gasteiger charge is 2.43. The van der Waals surface area contributed by atoms with E-state index in [4.69, 9.17) is 5.11 Å². The minimum Gasteiger partial charge on any atom is -0.481 e. The van der Waals surface area contributed by atoms with E-state index in [2.05, 4.69) is 5.32 Å². The quantitative estimate of drug-likeness (QED) is 0.829. The number of urea groups is 1. The van der Waals surface area contributed by atoms with Gasteiger partial charge in [0.15, 0.2) is 0 Å². The second-order valence-corrected chi connectivity index (χ2v) is 6.71. The van der Waals surface area contributed by atoms with Crippen LogP contribution in [0.3, 0.4) is 0 Å². The largest absolute Gasteiger partial charge is 0.481 e. The van der Waals surface area contributed by atoms with Crippen LogP contribution in [0.4, 0.5) is 4.79 Å². The monoisotopic (exact) mass is 280 g/mol. The van der Waals surface area contributed by atoms with E-state index < -0.39 is 5.97 Å². The van der Waals surface area contributed by atoms with Crippen LogP contribution in [0.1, 0.15) is 51.4 Å². The van der Waals surface area contributed by atoms with E-state index in [1.54, 1.807) is 0 Å². The molecule has 3 fully saturated rings. The summed E-state index contributed by atoms with van der Waals surface area (Å²) in [7, 11) is 0. The van der Waals surface area contributed by atoms with Crippen LogP contribution in [-0.2, 0) is 4.79 Å². The molecule has 2 N–H and O–H groups in total. The first-order valence-electron chi connectivity index (χ1n) is 7.91. The summed E-state index contributed by atoms with van der Waals surface area (Å²) >= 11 is 0. The summed E-state index contributed by atoms with van der Waals surface area (Å²) in [4.78, 5) is 25.2. The van der Waals surface area contributed by atoms with Crippen molar-refractivity contribution < 1.29 is 14.7 Å². The fourth-order valence-electron chi connectivity index (χ4n) is 4.05. The Kier molecular flexibility index (Phi) is 3.85. The van der Waals surface area contributed by atoms with Gasteiger partial charge in [-0.3, -0.25) is 4.79 Å². The maximum Gasteiger partial charge on any atom is 0.317 e. The minimum atomic E-state index is -0.711. The predicted molar refractivity (Wildman–Crippen MR) is 74.4 cm³/mol. The van der Waals surface area contributed by atoms with Gasteiger partial charge < -0.3 is 15.3 Å². The van der Waals surface area contributed by atoms with Crippen LogP contribution in [-0.4, -0.2) is 40.6 Å². The summed E-state index contributed by atoms with van der Waals surface area (Å²) in [6.45, 7) is 0.813. The van der Waals surface area contributed by atoms with Gasteiger partial charge in [0.2, 0.25) is 0 Å². The average molecular weight is 280 g/mol. The van der Waals surface area contributed by atoms with Gasteiger partial charge in [-0.2, -0.15) is 0 Å². The number of carboxylic acid groups (broad SMARTS) is 1. The molecule has 112 valence electrons. The van der Waals surface area contributed by atoms with Crippen LogP contribution < -0.4 is 5.32 Å². The second kappa shape index (κ2) is 5.62. The van der Waals surface area contributed by atoms with Gasteiger partial charge in [-0.1, -0.05) is 6.42 Å². The fourth-order valence-corrected chi connectivity index (χ4v) is 4.05. The van der Waals surface area contributed by atoms with Crippen molar-refractivity contribution in [1.82, 2.24) is 10.2 Å². The number of nitrogens with zero attached hydrogens (tertiary/aromatic N) is 1. The van der Waals surface area contributed by atoms with Gasteiger partial charge in [-0.15, -0.1) is 0 Å². The van der Waals surface area contributed by atoms with Crippen LogP contribution in [0.25, 0.3) is 0 Å². The highest BCUT2D eigenvalue weighted by Crippen LogP contribution is 2.39. The van der Waals surface area contributed by atoms with Crippen molar-refractivity contribution in [2.75, 3.05) is 6.54 Å². The van der Waals surface area contributed by atoms with Gasteiger partial charge in [0.05, 0.1) is 0 Å². The number of nitrogens with one attached hydrogen (secondary N) is 1. The number of hydrogen-bond donors (Lipinski definition) is 2. The SMILES string of the molecule is O=C(O)CC1CC2CCC(C1)N2C(=O)NCC1CCC1. The van der Waals surface area contributed by atoms with Gasteiger partial charge in [0.1, 0.15) is 0 Å². The first-order chi connectivity index (χ1) is 9.63. The van der Waals surface area contributed by atoms with Crippen molar-refractivity contribution in [1.29, 1.82) is 0 Å². The number of carbonyl (C=O) groups excluding carboxylic acids is 1. The van der Waals surface area contributed by atoms with E-state index >= 15 is 0 Å². The van der Waals surface area contributed by atoms with Crippen molar-refractivity contribution >= 4 is 12.0 Å². The van der Waals surface area contributed by atoms with Crippen LogP contribution in [0.15, 0.2) is 0 Å². The lowest BCUT2D eigenvalue weighted by Crippen LogP contribution is -2.52. The summed E-state index contributed by atoms with van der Waals surface area (Å²) < 4.78 is 0. The molecule has 0 radical (unpaired) electrons. The Morgan fingerprint density at radius 3 is 2.20 bits per heavy atom. The Hall–Kier alpha value is -1.26. The standard InChI is InChI=1S/C15H24N2O3/c18-14(19)8-11-6-12-4-5-13(7-11)17(12)15(20)16-9-10-2-1-3-10/h10-13H,1-9H2,(H,16,20)(H,18,19). The molecule has 2 saturated heterocycles. The molecular formula is C15H24N2O3. The molecule has 5 nitrogen and oxygen atoms in total. The lowest BCUT2D eigenvalue weighted by Gasteiger charge is -2.39. The molecule has 2 atom stereocenters. The molecule has 0 aromatic rings. The number of hydrogen-bond acceptors (Lipinski definition) is 2. The van der Waals surface area contributed by atoms with Crippen LogP contribution in [0, 0.1) is 11.8 Å². The van der Waals surface area contributed by atoms with E-state index in [1.165, 1.54) is 19.3 Å². The summed E-state index contributed by atoms with van der Waals surface area (Å²) in [5, 5.41) is 12.0. The molecule has 0 spiro atoms. The molecular weight excluding hydrogens is 256 g/mol. The molecule has 0 aromatic heterocycles. The molecule has 5 heteroatoms. The van der Waals surface area contributed by atoms with E-state index in [1.807, 2.05) is 4.90 Å². The third-order valence-corrected chi connectivity index (χ3v) is 5.30. The predicted octanol–water partition coefficient (Wildman–Crippen LogP) is 2.21. The van der Waals surface area contributed by atoms with E-state index in [-0.39, 0.29) is 30.5 Å². The number of aliphatic carboxylic acids is 1. The molecule has 2 unspecified atom stereocenters. The summed E-state index contributed by atoms with van der Waals surface area (Å²) in [5.41, 5.74) is 0. The minimum absolute atomic E-state index is 0.0816. The van der Waals surface area contributed by atoms with Gasteiger partial charge in [-0.25, -0.2) is 4.79 Å². The van der Waals surface area contributed by atoms with E-state index in [0.29, 0.717) is 5.92 Å². The van der Waals surface area contributed by atoms with Crippen LogP contribution >= 0.6 is 0 Å². The zero-order chi connectivity index (χ0) is 14.1. The lowest BCUT2D eigenvalue weighted by molar-refractivity contribution is -0.138. The highest BCUT2D eigenvalue weighted by molar-refractivity contribution is 5.75. The Morgan fingerprint density at radius 2 is 1.70 bits per heavy atom. The Morgan fingerprint density at radius 1 is 1.05 bits per heavy atom.